The summed E-state index contributed by atoms with van der Waals surface area (Å²) in [4.78, 5) is 0. The van der Waals surface area contributed by atoms with Gasteiger partial charge in [-0.25, -0.2) is 4.39 Å². The average molecular weight is 210 g/mol. The Kier molecular flexibility index (Phi) is 3.82. The lowest BCUT2D eigenvalue weighted by molar-refractivity contribution is -0.00000212. The molecule has 0 N–H and O–H groups in total. The van der Waals surface area contributed by atoms with Gasteiger partial charge in [0.15, 0.2) is 0 Å². The molecule has 0 saturated carbocycles. The topological polar surface area (TPSA) is 0 Å². The molecule has 0 aliphatic rings. The molecule has 0 fully saturated rings. The van der Waals surface area contributed by atoms with Gasteiger partial charge < -0.3 is 17.0 Å². The van der Waals surface area contributed by atoms with Crippen LogP contribution in [0.1, 0.15) is 0 Å². The van der Waals surface area contributed by atoms with Gasteiger partial charge >= 0.3 is 0 Å². The Morgan fingerprint density at radius 2 is 1.78 bits per heavy atom. The summed E-state index contributed by atoms with van der Waals surface area (Å²) in [5.41, 5.74) is 0. The third kappa shape index (κ3) is 2.33. The quantitative estimate of drug-likeness (QED) is 0.541. The van der Waals surface area contributed by atoms with Crippen LogP contribution >= 0.6 is 11.6 Å². The number of halogens is 3. The first-order valence-corrected chi connectivity index (χ1v) is 2.58. The highest BCUT2D eigenvalue weighted by Gasteiger charge is 1.91. The maximum atomic E-state index is 12.2. The minimum Gasteiger partial charge on any atom is -1.00 e. The molecule has 0 saturated heterocycles. The zero-order valence-corrected chi connectivity index (χ0v) is 6.79. The van der Waals surface area contributed by atoms with Gasteiger partial charge in [-0.15, -0.1) is 0 Å². The molecule has 0 spiro atoms. The van der Waals surface area contributed by atoms with Crippen LogP contribution in [0, 0.1) is 5.82 Å². The Labute approximate surface area is 68.4 Å². The fraction of sp³-hybridized carbons (Fsp3) is 0. The number of rotatable bonds is 0. The average Bonchev–Trinajstić information content (AvgIpc) is 1.77. The first kappa shape index (κ1) is 8.92. The number of benzene rings is 1. The van der Waals surface area contributed by atoms with Crippen molar-refractivity contribution in [1.82, 2.24) is 0 Å². The van der Waals surface area contributed by atoms with Crippen LogP contribution in [0.5, 0.6) is 0 Å². The predicted octanol–water partition coefficient (Wildman–Crippen LogP) is -0.517. The van der Waals surface area contributed by atoms with Crippen molar-refractivity contribution in [1.29, 1.82) is 0 Å². The predicted molar refractivity (Wildman–Crippen MR) is 31.4 cm³/mol. The summed E-state index contributed by atoms with van der Waals surface area (Å²) < 4.78 is 12.2. The minimum atomic E-state index is -0.367. The molecule has 0 amide bonds. The standard InChI is InChI=1S/C6H4ClF.BrH/c7-5-3-1-2-4-6(5)8;/h1-4H;1H/p-1. The fourth-order valence-electron chi connectivity index (χ4n) is 0.439. The third-order valence-electron chi connectivity index (χ3n) is 0.824. The normalized spacial score (nSPS) is 8.22. The van der Waals surface area contributed by atoms with Crippen molar-refractivity contribution in [3.63, 3.8) is 0 Å². The van der Waals surface area contributed by atoms with E-state index in [-0.39, 0.29) is 27.8 Å². The van der Waals surface area contributed by atoms with E-state index in [0.717, 1.165) is 0 Å². The summed E-state index contributed by atoms with van der Waals surface area (Å²) in [5, 5.41) is 0.174. The molecular weight excluding hydrogens is 206 g/mol. The van der Waals surface area contributed by atoms with E-state index in [9.17, 15) is 4.39 Å². The fourth-order valence-corrected chi connectivity index (χ4v) is 0.575. The van der Waals surface area contributed by atoms with E-state index in [1.54, 1.807) is 12.1 Å². The summed E-state index contributed by atoms with van der Waals surface area (Å²) in [6.07, 6.45) is 0. The lowest BCUT2D eigenvalue weighted by Crippen LogP contribution is -3.00. The van der Waals surface area contributed by atoms with E-state index in [1.165, 1.54) is 12.1 Å². The van der Waals surface area contributed by atoms with Gasteiger partial charge in [-0.05, 0) is 12.1 Å². The van der Waals surface area contributed by atoms with Gasteiger partial charge in [0.05, 0.1) is 5.02 Å². The van der Waals surface area contributed by atoms with E-state index < -0.39 is 0 Å². The van der Waals surface area contributed by atoms with Gasteiger partial charge in [0.25, 0.3) is 0 Å². The first-order valence-electron chi connectivity index (χ1n) is 2.21. The third-order valence-corrected chi connectivity index (χ3v) is 1.13. The highest BCUT2D eigenvalue weighted by atomic mass is 79.9. The van der Waals surface area contributed by atoms with Crippen LogP contribution in [0.4, 0.5) is 4.39 Å². The Hall–Kier alpha value is -0.0800. The van der Waals surface area contributed by atoms with Gasteiger partial charge in [0.2, 0.25) is 0 Å². The smallest absolute Gasteiger partial charge is 0.141 e. The summed E-state index contributed by atoms with van der Waals surface area (Å²) >= 11 is 5.33. The molecule has 0 unspecified atom stereocenters. The van der Waals surface area contributed by atoms with Crippen molar-refractivity contribution in [2.45, 2.75) is 0 Å². The van der Waals surface area contributed by atoms with Gasteiger partial charge in [0.1, 0.15) is 5.82 Å². The molecule has 1 rings (SSSR count). The summed E-state index contributed by atoms with van der Waals surface area (Å²) in [6.45, 7) is 0. The summed E-state index contributed by atoms with van der Waals surface area (Å²) in [5.74, 6) is -0.367. The lowest BCUT2D eigenvalue weighted by atomic mass is 10.4. The Morgan fingerprint density at radius 1 is 1.22 bits per heavy atom. The Morgan fingerprint density at radius 3 is 2.11 bits per heavy atom. The highest BCUT2D eigenvalue weighted by Crippen LogP contribution is 2.11. The second kappa shape index (κ2) is 3.85. The van der Waals surface area contributed by atoms with Crippen LogP contribution in [0.2, 0.25) is 5.02 Å². The first-order chi connectivity index (χ1) is 3.80. The van der Waals surface area contributed by atoms with E-state index >= 15 is 0 Å². The van der Waals surface area contributed by atoms with Crippen LogP contribution < -0.4 is 17.0 Å². The molecule has 0 heterocycles. The van der Waals surface area contributed by atoms with Crippen LogP contribution in [0.25, 0.3) is 0 Å². The molecule has 0 aliphatic carbocycles. The molecule has 0 bridgehead atoms. The molecule has 1 aromatic rings. The van der Waals surface area contributed by atoms with Crippen molar-refractivity contribution in [3.8, 4) is 0 Å². The minimum absolute atomic E-state index is 0. The number of hydrogen-bond acceptors (Lipinski definition) is 0. The monoisotopic (exact) mass is 209 g/mol. The van der Waals surface area contributed by atoms with Gasteiger partial charge in [-0.3, -0.25) is 0 Å². The van der Waals surface area contributed by atoms with Gasteiger partial charge in [-0.2, -0.15) is 0 Å². The van der Waals surface area contributed by atoms with Crippen LogP contribution in [-0.4, -0.2) is 0 Å². The van der Waals surface area contributed by atoms with Gasteiger partial charge in [-0.1, -0.05) is 23.7 Å². The molecule has 0 atom stereocenters. The zero-order chi connectivity index (χ0) is 5.98. The lowest BCUT2D eigenvalue weighted by Gasteiger charge is -1.86. The van der Waals surface area contributed by atoms with Crippen LogP contribution in [-0.2, 0) is 0 Å². The van der Waals surface area contributed by atoms with Crippen LogP contribution in [0.15, 0.2) is 24.3 Å². The SMILES string of the molecule is Fc1ccccc1Cl.[Br-]. The van der Waals surface area contributed by atoms with E-state index in [0.29, 0.717) is 0 Å². The largest absolute Gasteiger partial charge is 1.00 e. The molecule has 0 radical (unpaired) electrons. The molecule has 0 aromatic heterocycles. The zero-order valence-electron chi connectivity index (χ0n) is 4.44. The Balaban J connectivity index is 0.000000640. The summed E-state index contributed by atoms with van der Waals surface area (Å²) in [7, 11) is 0. The van der Waals surface area contributed by atoms with Crippen molar-refractivity contribution in [3.05, 3.63) is 35.1 Å². The molecule has 3 heteroatoms. The molecule has 9 heavy (non-hydrogen) atoms. The molecule has 0 nitrogen and oxygen atoms in total. The second-order valence-corrected chi connectivity index (χ2v) is 1.82. The van der Waals surface area contributed by atoms with E-state index in [1.807, 2.05) is 0 Å². The highest BCUT2D eigenvalue weighted by molar-refractivity contribution is 6.30. The van der Waals surface area contributed by atoms with Crippen molar-refractivity contribution >= 4 is 11.6 Å². The Bertz CT molecular complexity index is 169. The summed E-state index contributed by atoms with van der Waals surface area (Å²) in [6, 6.07) is 6.12. The second-order valence-electron chi connectivity index (χ2n) is 1.41. The molecule has 0 aliphatic heterocycles. The maximum absolute atomic E-state index is 12.2. The van der Waals surface area contributed by atoms with Crippen LogP contribution in [0.3, 0.4) is 0 Å². The molecule has 1 aromatic carbocycles. The van der Waals surface area contributed by atoms with E-state index in [2.05, 4.69) is 0 Å². The molecule has 50 valence electrons. The van der Waals surface area contributed by atoms with Gasteiger partial charge in [0, 0.05) is 0 Å². The van der Waals surface area contributed by atoms with Crippen molar-refractivity contribution in [2.24, 2.45) is 0 Å². The molecular formula is C6H4BrClF-. The van der Waals surface area contributed by atoms with Crippen molar-refractivity contribution in [2.75, 3.05) is 0 Å². The maximum Gasteiger partial charge on any atom is 0.141 e. The van der Waals surface area contributed by atoms with E-state index in [4.69, 9.17) is 11.6 Å². The van der Waals surface area contributed by atoms with Crippen molar-refractivity contribution < 1.29 is 21.4 Å². The number of hydrogen-bond donors (Lipinski definition) is 0.